The Morgan fingerprint density at radius 3 is 2.55 bits per heavy atom. The van der Waals surface area contributed by atoms with Gasteiger partial charge in [-0.3, -0.25) is 16.0 Å². The molecule has 3 N–H and O–H groups in total. The summed E-state index contributed by atoms with van der Waals surface area (Å²) in [7, 11) is 0. The number of hydrazine groups is 1. The van der Waals surface area contributed by atoms with E-state index in [-0.39, 0.29) is 6.04 Å². The molecule has 1 aliphatic carbocycles. The molecule has 1 atom stereocenters. The van der Waals surface area contributed by atoms with E-state index in [1.54, 1.807) is 6.20 Å². The molecule has 4 nitrogen and oxygen atoms in total. The molecule has 0 bridgehead atoms. The van der Waals surface area contributed by atoms with Crippen LogP contribution in [-0.2, 0) is 0 Å². The molecule has 0 aliphatic heterocycles. The third-order valence-corrected chi connectivity index (χ3v) is 4.64. The van der Waals surface area contributed by atoms with Gasteiger partial charge in [-0.1, -0.05) is 50.1 Å². The van der Waals surface area contributed by atoms with Gasteiger partial charge in [0.05, 0.1) is 23.0 Å². The highest BCUT2D eigenvalue weighted by molar-refractivity contribution is 6.31. The van der Waals surface area contributed by atoms with Crippen LogP contribution in [0.25, 0.3) is 0 Å². The van der Waals surface area contributed by atoms with Gasteiger partial charge in [0, 0.05) is 6.04 Å². The van der Waals surface area contributed by atoms with Crippen molar-refractivity contribution in [2.45, 2.75) is 70.9 Å². The van der Waals surface area contributed by atoms with E-state index >= 15 is 0 Å². The average Bonchev–Trinajstić information content (AvgIpc) is 2.64. The summed E-state index contributed by atoms with van der Waals surface area (Å²) in [4.78, 5) is 0. The van der Waals surface area contributed by atoms with Crippen LogP contribution in [0.1, 0.15) is 76.6 Å². The number of halogens is 1. The summed E-state index contributed by atoms with van der Waals surface area (Å²) in [5.41, 5.74) is 4.00. The Bertz CT molecular complexity index is 408. The molecule has 2 rings (SSSR count). The van der Waals surface area contributed by atoms with E-state index in [1.807, 2.05) is 4.68 Å². The number of hydrogen-bond acceptors (Lipinski definition) is 3. The Morgan fingerprint density at radius 2 is 2.00 bits per heavy atom. The molecule has 0 saturated heterocycles. The summed E-state index contributed by atoms with van der Waals surface area (Å²) in [6.45, 7) is 4.23. The van der Waals surface area contributed by atoms with E-state index < -0.39 is 0 Å². The van der Waals surface area contributed by atoms with Gasteiger partial charge >= 0.3 is 0 Å². The standard InChI is InChI=1S/C15H27ClN4/c1-11(2)20-15(13(16)10-18-20)14(19-17)9-12-7-5-3-4-6-8-12/h10-12,14,19H,3-9,17H2,1-2H3. The van der Waals surface area contributed by atoms with E-state index in [1.165, 1.54) is 38.5 Å². The average molecular weight is 299 g/mol. The predicted molar refractivity (Wildman–Crippen MR) is 83.5 cm³/mol. The van der Waals surface area contributed by atoms with Gasteiger partial charge in [0.2, 0.25) is 0 Å². The zero-order valence-corrected chi connectivity index (χ0v) is 13.4. The van der Waals surface area contributed by atoms with Crippen molar-refractivity contribution in [2.75, 3.05) is 0 Å². The SMILES string of the molecule is CC(C)n1ncc(Cl)c1C(CC1CCCCCC1)NN. The normalized spacial score (nSPS) is 19.2. The lowest BCUT2D eigenvalue weighted by molar-refractivity contribution is 0.340. The quantitative estimate of drug-likeness (QED) is 0.491. The molecule has 1 aromatic rings. The van der Waals surface area contributed by atoms with Crippen LogP contribution in [0.5, 0.6) is 0 Å². The Kier molecular flexibility index (Phi) is 5.87. The second kappa shape index (κ2) is 7.43. The van der Waals surface area contributed by atoms with Crippen LogP contribution in [0.2, 0.25) is 5.02 Å². The summed E-state index contributed by atoms with van der Waals surface area (Å²) in [5.74, 6) is 6.55. The summed E-state index contributed by atoms with van der Waals surface area (Å²) in [6.07, 6.45) is 10.8. The van der Waals surface area contributed by atoms with Crippen molar-refractivity contribution in [3.05, 3.63) is 16.9 Å². The first-order chi connectivity index (χ1) is 9.63. The van der Waals surface area contributed by atoms with Crippen LogP contribution >= 0.6 is 11.6 Å². The van der Waals surface area contributed by atoms with Crippen molar-refractivity contribution >= 4 is 11.6 Å². The van der Waals surface area contributed by atoms with Crippen molar-refractivity contribution in [1.29, 1.82) is 0 Å². The monoisotopic (exact) mass is 298 g/mol. The van der Waals surface area contributed by atoms with Crippen LogP contribution in [0, 0.1) is 5.92 Å². The van der Waals surface area contributed by atoms with E-state index in [9.17, 15) is 0 Å². The highest BCUT2D eigenvalue weighted by Crippen LogP contribution is 2.34. The fourth-order valence-electron chi connectivity index (χ4n) is 3.28. The summed E-state index contributed by atoms with van der Waals surface area (Å²) >= 11 is 6.33. The second-order valence-electron chi connectivity index (χ2n) is 6.23. The molecule has 1 aliphatic rings. The molecule has 1 fully saturated rings. The minimum Gasteiger partial charge on any atom is -0.271 e. The number of rotatable bonds is 5. The maximum atomic E-state index is 6.33. The fraction of sp³-hybridized carbons (Fsp3) is 0.800. The maximum absolute atomic E-state index is 6.33. The lowest BCUT2D eigenvalue weighted by Gasteiger charge is -2.24. The molecule has 0 radical (unpaired) electrons. The third-order valence-electron chi connectivity index (χ3n) is 4.35. The topological polar surface area (TPSA) is 55.9 Å². The molecular weight excluding hydrogens is 272 g/mol. The van der Waals surface area contributed by atoms with E-state index in [4.69, 9.17) is 17.4 Å². The zero-order valence-electron chi connectivity index (χ0n) is 12.6. The van der Waals surface area contributed by atoms with Crippen LogP contribution in [0.15, 0.2) is 6.20 Å². The number of aromatic nitrogens is 2. The van der Waals surface area contributed by atoms with Crippen LogP contribution in [-0.4, -0.2) is 9.78 Å². The van der Waals surface area contributed by atoms with E-state index in [0.717, 1.165) is 23.1 Å². The van der Waals surface area contributed by atoms with Gasteiger partial charge in [-0.15, -0.1) is 0 Å². The van der Waals surface area contributed by atoms with Gasteiger partial charge in [-0.25, -0.2) is 0 Å². The fourth-order valence-corrected chi connectivity index (χ4v) is 3.54. The van der Waals surface area contributed by atoms with Crippen LogP contribution in [0.4, 0.5) is 0 Å². The van der Waals surface area contributed by atoms with Gasteiger partial charge in [0.1, 0.15) is 0 Å². The minimum absolute atomic E-state index is 0.0931. The summed E-state index contributed by atoms with van der Waals surface area (Å²) in [6, 6.07) is 0.387. The molecule has 0 spiro atoms. The Balaban J connectivity index is 2.13. The smallest absolute Gasteiger partial charge is 0.0834 e. The van der Waals surface area contributed by atoms with Crippen molar-refractivity contribution < 1.29 is 0 Å². The van der Waals surface area contributed by atoms with Gasteiger partial charge in [-0.05, 0) is 26.2 Å². The second-order valence-corrected chi connectivity index (χ2v) is 6.64. The lowest BCUT2D eigenvalue weighted by atomic mass is 9.91. The number of nitrogens with zero attached hydrogens (tertiary/aromatic N) is 2. The van der Waals surface area contributed by atoms with Crippen LogP contribution in [0.3, 0.4) is 0 Å². The molecular formula is C15H27ClN4. The van der Waals surface area contributed by atoms with Crippen LogP contribution < -0.4 is 11.3 Å². The van der Waals surface area contributed by atoms with E-state index in [0.29, 0.717) is 6.04 Å². The summed E-state index contributed by atoms with van der Waals surface area (Å²) in [5, 5.41) is 5.10. The first-order valence-electron chi connectivity index (χ1n) is 7.82. The molecule has 5 heteroatoms. The Labute approximate surface area is 127 Å². The number of hydrogen-bond donors (Lipinski definition) is 2. The first kappa shape index (κ1) is 15.8. The molecule has 114 valence electrons. The molecule has 1 saturated carbocycles. The van der Waals surface area contributed by atoms with Gasteiger partial charge in [-0.2, -0.15) is 5.10 Å². The molecule has 20 heavy (non-hydrogen) atoms. The van der Waals surface area contributed by atoms with E-state index in [2.05, 4.69) is 24.4 Å². The Hall–Kier alpha value is -0.580. The van der Waals surface area contributed by atoms with Crippen molar-refractivity contribution in [3.8, 4) is 0 Å². The Morgan fingerprint density at radius 1 is 1.35 bits per heavy atom. The molecule has 0 aromatic carbocycles. The zero-order chi connectivity index (χ0) is 14.5. The molecule has 1 heterocycles. The van der Waals surface area contributed by atoms with Crippen molar-refractivity contribution in [1.82, 2.24) is 15.2 Å². The molecule has 1 unspecified atom stereocenters. The minimum atomic E-state index is 0.0931. The van der Waals surface area contributed by atoms with Gasteiger partial charge in [0.25, 0.3) is 0 Å². The predicted octanol–water partition coefficient (Wildman–Crippen LogP) is 3.98. The third kappa shape index (κ3) is 3.74. The molecule has 0 amide bonds. The van der Waals surface area contributed by atoms with Crippen molar-refractivity contribution in [2.24, 2.45) is 11.8 Å². The highest BCUT2D eigenvalue weighted by atomic mass is 35.5. The first-order valence-corrected chi connectivity index (χ1v) is 8.20. The largest absolute Gasteiger partial charge is 0.271 e. The van der Waals surface area contributed by atoms with Crippen molar-refractivity contribution in [3.63, 3.8) is 0 Å². The number of nitrogens with two attached hydrogens (primary N) is 1. The van der Waals surface area contributed by atoms with Gasteiger partial charge < -0.3 is 0 Å². The lowest BCUT2D eigenvalue weighted by Crippen LogP contribution is -2.32. The maximum Gasteiger partial charge on any atom is 0.0834 e. The summed E-state index contributed by atoms with van der Waals surface area (Å²) < 4.78 is 1.99. The molecule has 1 aromatic heterocycles. The number of nitrogens with one attached hydrogen (secondary N) is 1. The van der Waals surface area contributed by atoms with Gasteiger partial charge in [0.15, 0.2) is 0 Å². The highest BCUT2D eigenvalue weighted by Gasteiger charge is 2.24.